The maximum absolute atomic E-state index is 12.1. The Bertz CT molecular complexity index is 509. The van der Waals surface area contributed by atoms with Gasteiger partial charge in [-0.2, -0.15) is 0 Å². The smallest absolute Gasteiger partial charge is 0.335 e. The Morgan fingerprint density at radius 3 is 3.00 bits per heavy atom. The molecule has 1 aromatic heterocycles. The maximum Gasteiger partial charge on any atom is 0.335 e. The summed E-state index contributed by atoms with van der Waals surface area (Å²) in [6, 6.07) is 4.44. The minimum atomic E-state index is -1.02. The SMILES string of the molecule is O=C(O)c1ccc2c(c1)nnn2CCF. The number of carboxylic acids is 1. The van der Waals surface area contributed by atoms with Crippen molar-refractivity contribution in [3.05, 3.63) is 23.8 Å². The summed E-state index contributed by atoms with van der Waals surface area (Å²) in [5.74, 6) is -1.02. The van der Waals surface area contributed by atoms with E-state index in [0.717, 1.165) is 0 Å². The van der Waals surface area contributed by atoms with Crippen LogP contribution in [0.1, 0.15) is 10.4 Å². The predicted octanol–water partition coefficient (Wildman–Crippen LogP) is 1.10. The van der Waals surface area contributed by atoms with Gasteiger partial charge >= 0.3 is 5.97 Å². The zero-order chi connectivity index (χ0) is 10.8. The van der Waals surface area contributed by atoms with Crippen LogP contribution in [0.2, 0.25) is 0 Å². The molecule has 2 aromatic rings. The van der Waals surface area contributed by atoms with Gasteiger partial charge in [0.05, 0.1) is 17.6 Å². The van der Waals surface area contributed by atoms with Gasteiger partial charge in [0.1, 0.15) is 12.2 Å². The summed E-state index contributed by atoms with van der Waals surface area (Å²) < 4.78 is 13.5. The Morgan fingerprint density at radius 1 is 1.53 bits per heavy atom. The number of aromatic carboxylic acids is 1. The molecule has 0 aliphatic rings. The van der Waals surface area contributed by atoms with Crippen molar-refractivity contribution in [2.24, 2.45) is 0 Å². The van der Waals surface area contributed by atoms with Crippen LogP contribution < -0.4 is 0 Å². The van der Waals surface area contributed by atoms with Gasteiger partial charge < -0.3 is 5.11 Å². The van der Waals surface area contributed by atoms with Crippen LogP contribution in [0.25, 0.3) is 11.0 Å². The van der Waals surface area contributed by atoms with Crippen molar-refractivity contribution >= 4 is 17.0 Å². The first-order chi connectivity index (χ1) is 7.22. The Morgan fingerprint density at radius 2 is 2.33 bits per heavy atom. The number of hydrogen-bond donors (Lipinski definition) is 1. The van der Waals surface area contributed by atoms with E-state index in [9.17, 15) is 9.18 Å². The summed E-state index contributed by atoms with van der Waals surface area (Å²) in [7, 11) is 0. The summed E-state index contributed by atoms with van der Waals surface area (Å²) in [6.45, 7) is -0.401. The fourth-order valence-corrected chi connectivity index (χ4v) is 1.35. The molecule has 0 aliphatic carbocycles. The molecule has 78 valence electrons. The van der Waals surface area contributed by atoms with Crippen LogP contribution in [-0.2, 0) is 6.54 Å². The second-order valence-corrected chi connectivity index (χ2v) is 3.01. The number of carboxylic acid groups (broad SMARTS) is 1. The molecule has 5 nitrogen and oxygen atoms in total. The number of carbonyl (C=O) groups is 1. The fourth-order valence-electron chi connectivity index (χ4n) is 1.35. The van der Waals surface area contributed by atoms with Gasteiger partial charge in [-0.15, -0.1) is 5.10 Å². The van der Waals surface area contributed by atoms with Crippen LogP contribution >= 0.6 is 0 Å². The maximum atomic E-state index is 12.1. The molecule has 1 heterocycles. The lowest BCUT2D eigenvalue weighted by atomic mass is 10.2. The van der Waals surface area contributed by atoms with Gasteiger partial charge in [0.15, 0.2) is 0 Å². The number of nitrogens with zero attached hydrogens (tertiary/aromatic N) is 3. The van der Waals surface area contributed by atoms with Crippen LogP contribution in [0.5, 0.6) is 0 Å². The number of rotatable bonds is 3. The minimum absolute atomic E-state index is 0.128. The van der Waals surface area contributed by atoms with Gasteiger partial charge in [0, 0.05) is 0 Å². The van der Waals surface area contributed by atoms with E-state index < -0.39 is 12.6 Å². The van der Waals surface area contributed by atoms with E-state index in [-0.39, 0.29) is 12.1 Å². The summed E-state index contributed by atoms with van der Waals surface area (Å²) >= 11 is 0. The van der Waals surface area contributed by atoms with Gasteiger partial charge in [-0.3, -0.25) is 0 Å². The van der Waals surface area contributed by atoms with Gasteiger partial charge in [-0.1, -0.05) is 5.21 Å². The fraction of sp³-hybridized carbons (Fsp3) is 0.222. The van der Waals surface area contributed by atoms with E-state index in [2.05, 4.69) is 10.3 Å². The highest BCUT2D eigenvalue weighted by molar-refractivity contribution is 5.92. The third-order valence-electron chi connectivity index (χ3n) is 2.06. The molecule has 0 unspecified atom stereocenters. The molecule has 0 fully saturated rings. The van der Waals surface area contributed by atoms with E-state index in [4.69, 9.17) is 5.11 Å². The van der Waals surface area contributed by atoms with E-state index in [1.54, 1.807) is 6.07 Å². The van der Waals surface area contributed by atoms with Crippen molar-refractivity contribution < 1.29 is 14.3 Å². The van der Waals surface area contributed by atoms with Crippen molar-refractivity contribution in [1.82, 2.24) is 15.0 Å². The third kappa shape index (κ3) is 1.65. The second kappa shape index (κ2) is 3.64. The topological polar surface area (TPSA) is 68.0 Å². The van der Waals surface area contributed by atoms with Gasteiger partial charge in [-0.05, 0) is 18.2 Å². The van der Waals surface area contributed by atoms with Crippen LogP contribution in [0.3, 0.4) is 0 Å². The molecule has 0 saturated carbocycles. The standard InChI is InChI=1S/C9H8FN3O2/c10-3-4-13-8-2-1-6(9(14)15)5-7(8)11-12-13/h1-2,5H,3-4H2,(H,14,15). The first kappa shape index (κ1) is 9.57. The average Bonchev–Trinajstić information content (AvgIpc) is 2.61. The minimum Gasteiger partial charge on any atom is -0.478 e. The first-order valence-corrected chi connectivity index (χ1v) is 4.35. The lowest BCUT2D eigenvalue weighted by Gasteiger charge is -1.97. The molecule has 0 radical (unpaired) electrons. The van der Waals surface area contributed by atoms with Crippen molar-refractivity contribution in [3.63, 3.8) is 0 Å². The van der Waals surface area contributed by atoms with Crippen molar-refractivity contribution in [3.8, 4) is 0 Å². The van der Waals surface area contributed by atoms with Crippen molar-refractivity contribution in [2.75, 3.05) is 6.67 Å². The summed E-state index contributed by atoms with van der Waals surface area (Å²) in [5, 5.41) is 16.2. The van der Waals surface area contributed by atoms with E-state index >= 15 is 0 Å². The first-order valence-electron chi connectivity index (χ1n) is 4.35. The number of halogens is 1. The van der Waals surface area contributed by atoms with Crippen LogP contribution in [0, 0.1) is 0 Å². The molecule has 2 rings (SSSR count). The molecule has 0 spiro atoms. The highest BCUT2D eigenvalue weighted by atomic mass is 19.1. The second-order valence-electron chi connectivity index (χ2n) is 3.01. The molecule has 0 saturated heterocycles. The highest BCUT2D eigenvalue weighted by Crippen LogP contribution is 2.13. The quantitative estimate of drug-likeness (QED) is 0.821. The number of aromatic nitrogens is 3. The molecule has 0 aliphatic heterocycles. The number of benzene rings is 1. The predicted molar refractivity (Wildman–Crippen MR) is 50.5 cm³/mol. The van der Waals surface area contributed by atoms with E-state index in [1.807, 2.05) is 0 Å². The monoisotopic (exact) mass is 209 g/mol. The van der Waals surface area contributed by atoms with Crippen molar-refractivity contribution in [1.29, 1.82) is 0 Å². The van der Waals surface area contributed by atoms with Crippen molar-refractivity contribution in [2.45, 2.75) is 6.54 Å². The third-order valence-corrected chi connectivity index (χ3v) is 2.06. The molecule has 0 amide bonds. The zero-order valence-corrected chi connectivity index (χ0v) is 7.72. The molecule has 15 heavy (non-hydrogen) atoms. The number of hydrogen-bond acceptors (Lipinski definition) is 3. The lowest BCUT2D eigenvalue weighted by molar-refractivity contribution is 0.0697. The Kier molecular flexibility index (Phi) is 2.32. The van der Waals surface area contributed by atoms with E-state index in [1.165, 1.54) is 16.8 Å². The molecule has 1 aromatic carbocycles. The van der Waals surface area contributed by atoms with Crippen LogP contribution in [-0.4, -0.2) is 32.7 Å². The molecule has 0 atom stereocenters. The lowest BCUT2D eigenvalue weighted by Crippen LogP contribution is -2.01. The molecule has 6 heteroatoms. The molecule has 0 bridgehead atoms. The molecular weight excluding hydrogens is 201 g/mol. The number of fused-ring (bicyclic) bond motifs is 1. The molecule has 1 N–H and O–H groups in total. The van der Waals surface area contributed by atoms with Gasteiger partial charge in [-0.25, -0.2) is 13.9 Å². The van der Waals surface area contributed by atoms with Crippen LogP contribution in [0.4, 0.5) is 4.39 Å². The highest BCUT2D eigenvalue weighted by Gasteiger charge is 2.08. The number of alkyl halides is 1. The summed E-state index contributed by atoms with van der Waals surface area (Å²) in [4.78, 5) is 10.7. The average molecular weight is 209 g/mol. The van der Waals surface area contributed by atoms with Gasteiger partial charge in [0.2, 0.25) is 0 Å². The van der Waals surface area contributed by atoms with Gasteiger partial charge in [0.25, 0.3) is 0 Å². The Hall–Kier alpha value is -1.98. The largest absolute Gasteiger partial charge is 0.478 e. The Labute approximate surface area is 84.1 Å². The Balaban J connectivity index is 2.51. The summed E-state index contributed by atoms with van der Waals surface area (Å²) in [6.07, 6.45) is 0. The molecular formula is C9H8FN3O2. The van der Waals surface area contributed by atoms with E-state index in [0.29, 0.717) is 11.0 Å². The number of aryl methyl sites for hydroxylation is 1. The normalized spacial score (nSPS) is 10.7. The van der Waals surface area contributed by atoms with Crippen LogP contribution in [0.15, 0.2) is 18.2 Å². The zero-order valence-electron chi connectivity index (χ0n) is 7.72. The summed E-state index contributed by atoms with van der Waals surface area (Å²) in [5.41, 5.74) is 1.25.